The Labute approximate surface area is 149 Å². The number of hydrogen-bond acceptors (Lipinski definition) is 4. The van der Waals surface area contributed by atoms with Crippen molar-refractivity contribution in [2.75, 3.05) is 46.3 Å². The SMILES string of the molecule is CCCCNC(=O)N1CCN(C)C2(CCC(=O)N(CC(=O)O)CC2)C1. The third-order valence-corrected chi connectivity index (χ3v) is 5.42. The van der Waals surface area contributed by atoms with Crippen molar-refractivity contribution in [2.45, 2.75) is 44.6 Å². The average molecular weight is 354 g/mol. The molecule has 0 radical (unpaired) electrons. The van der Waals surface area contributed by atoms with E-state index in [-0.39, 0.29) is 24.0 Å². The maximum Gasteiger partial charge on any atom is 0.323 e. The highest BCUT2D eigenvalue weighted by Crippen LogP contribution is 2.32. The molecule has 2 saturated heterocycles. The topological polar surface area (TPSA) is 93.2 Å². The first-order valence-corrected chi connectivity index (χ1v) is 9.11. The van der Waals surface area contributed by atoms with E-state index >= 15 is 0 Å². The minimum Gasteiger partial charge on any atom is -0.480 e. The molecule has 2 N–H and O–H groups in total. The zero-order chi connectivity index (χ0) is 18.4. The minimum absolute atomic E-state index is 0.0427. The van der Waals surface area contributed by atoms with Crippen LogP contribution in [0.2, 0.25) is 0 Å². The van der Waals surface area contributed by atoms with Crippen LogP contribution < -0.4 is 5.32 Å². The van der Waals surface area contributed by atoms with E-state index in [2.05, 4.69) is 17.1 Å². The maximum atomic E-state index is 12.4. The Morgan fingerprint density at radius 2 is 2.00 bits per heavy atom. The van der Waals surface area contributed by atoms with Crippen LogP contribution in [-0.4, -0.2) is 89.6 Å². The Bertz CT molecular complexity index is 513. The number of carboxylic acid groups (broad SMARTS) is 1. The van der Waals surface area contributed by atoms with Gasteiger partial charge in [0.1, 0.15) is 6.54 Å². The fraction of sp³-hybridized carbons (Fsp3) is 0.824. The molecule has 0 bridgehead atoms. The molecule has 2 fully saturated rings. The molecule has 2 aliphatic rings. The van der Waals surface area contributed by atoms with Gasteiger partial charge < -0.3 is 20.2 Å². The van der Waals surface area contributed by atoms with E-state index in [1.54, 1.807) is 0 Å². The van der Waals surface area contributed by atoms with Crippen LogP contribution in [0, 0.1) is 0 Å². The van der Waals surface area contributed by atoms with Crippen LogP contribution in [0.25, 0.3) is 0 Å². The summed E-state index contributed by atoms with van der Waals surface area (Å²) < 4.78 is 0. The molecule has 8 nitrogen and oxygen atoms in total. The monoisotopic (exact) mass is 354 g/mol. The molecule has 2 aliphatic heterocycles. The normalized spacial score (nSPS) is 25.1. The van der Waals surface area contributed by atoms with Gasteiger partial charge in [0.15, 0.2) is 0 Å². The molecule has 1 spiro atoms. The number of urea groups is 1. The lowest BCUT2D eigenvalue weighted by atomic mass is 9.86. The van der Waals surface area contributed by atoms with Gasteiger partial charge in [0, 0.05) is 44.7 Å². The summed E-state index contributed by atoms with van der Waals surface area (Å²) in [7, 11) is 2.03. The number of likely N-dealkylation sites (N-methyl/N-ethyl adjacent to an activating group) is 1. The highest BCUT2D eigenvalue weighted by Gasteiger charge is 2.43. The van der Waals surface area contributed by atoms with Crippen molar-refractivity contribution >= 4 is 17.9 Å². The number of hydrogen-bond donors (Lipinski definition) is 2. The first-order chi connectivity index (χ1) is 11.9. The van der Waals surface area contributed by atoms with Crippen LogP contribution in [0.1, 0.15) is 39.0 Å². The van der Waals surface area contributed by atoms with Crippen molar-refractivity contribution in [2.24, 2.45) is 0 Å². The predicted octanol–water partition coefficient (Wildman–Crippen LogP) is 0.579. The Morgan fingerprint density at radius 3 is 2.68 bits per heavy atom. The quantitative estimate of drug-likeness (QED) is 0.705. The minimum atomic E-state index is -0.988. The van der Waals surface area contributed by atoms with E-state index in [1.165, 1.54) is 4.90 Å². The lowest BCUT2D eigenvalue weighted by molar-refractivity contribution is -0.144. The molecule has 1 unspecified atom stereocenters. The molecule has 142 valence electrons. The summed E-state index contributed by atoms with van der Waals surface area (Å²) in [4.78, 5) is 41.1. The van der Waals surface area contributed by atoms with Crippen molar-refractivity contribution in [3.63, 3.8) is 0 Å². The molecule has 25 heavy (non-hydrogen) atoms. The smallest absolute Gasteiger partial charge is 0.323 e. The van der Waals surface area contributed by atoms with Crippen molar-refractivity contribution < 1.29 is 19.5 Å². The lowest BCUT2D eigenvalue weighted by Crippen LogP contribution is -2.63. The van der Waals surface area contributed by atoms with Gasteiger partial charge in [0.25, 0.3) is 0 Å². The number of carbonyl (C=O) groups is 3. The van der Waals surface area contributed by atoms with Crippen LogP contribution in [0.4, 0.5) is 4.79 Å². The number of nitrogens with zero attached hydrogens (tertiary/aromatic N) is 3. The standard InChI is InChI=1S/C17H30N4O4/c1-3-4-8-18-16(25)21-11-10-19(2)17(13-21)6-5-14(22)20(9-7-17)12-15(23)24/h3-13H2,1-2H3,(H,18,25)(H,23,24). The Hall–Kier alpha value is -1.83. The summed E-state index contributed by atoms with van der Waals surface area (Å²) in [6, 6.07) is -0.0427. The van der Waals surface area contributed by atoms with Crippen LogP contribution in [0.3, 0.4) is 0 Å². The first kappa shape index (κ1) is 19.5. The van der Waals surface area contributed by atoms with Crippen LogP contribution in [-0.2, 0) is 9.59 Å². The highest BCUT2D eigenvalue weighted by molar-refractivity contribution is 5.81. The summed E-state index contributed by atoms with van der Waals surface area (Å²) in [5, 5.41) is 11.9. The van der Waals surface area contributed by atoms with Crippen molar-refractivity contribution in [3.05, 3.63) is 0 Å². The third-order valence-electron chi connectivity index (χ3n) is 5.42. The molecule has 0 aromatic heterocycles. The number of carboxylic acids is 1. The zero-order valence-corrected chi connectivity index (χ0v) is 15.3. The van der Waals surface area contributed by atoms with Gasteiger partial charge in [-0.1, -0.05) is 13.3 Å². The second kappa shape index (κ2) is 8.51. The van der Waals surface area contributed by atoms with E-state index in [1.807, 2.05) is 11.9 Å². The number of piperazine rings is 1. The molecular weight excluding hydrogens is 324 g/mol. The van der Waals surface area contributed by atoms with E-state index in [4.69, 9.17) is 5.11 Å². The second-order valence-electron chi connectivity index (χ2n) is 7.11. The van der Waals surface area contributed by atoms with Gasteiger partial charge in [-0.25, -0.2) is 4.79 Å². The molecule has 3 amide bonds. The van der Waals surface area contributed by atoms with Gasteiger partial charge in [0.05, 0.1) is 0 Å². The van der Waals surface area contributed by atoms with Gasteiger partial charge in [-0.05, 0) is 26.3 Å². The number of carbonyl (C=O) groups excluding carboxylic acids is 2. The maximum absolute atomic E-state index is 12.4. The summed E-state index contributed by atoms with van der Waals surface area (Å²) >= 11 is 0. The third kappa shape index (κ3) is 4.84. The summed E-state index contributed by atoms with van der Waals surface area (Å²) in [6.07, 6.45) is 3.65. The number of rotatable bonds is 5. The molecular formula is C17H30N4O4. The molecule has 2 heterocycles. The molecule has 1 atom stereocenters. The molecule has 0 saturated carbocycles. The van der Waals surface area contributed by atoms with Crippen LogP contribution in [0.15, 0.2) is 0 Å². The van der Waals surface area contributed by atoms with Gasteiger partial charge >= 0.3 is 12.0 Å². The van der Waals surface area contributed by atoms with E-state index in [0.29, 0.717) is 45.4 Å². The Balaban J connectivity index is 2.03. The molecule has 2 rings (SSSR count). The van der Waals surface area contributed by atoms with Gasteiger partial charge in [-0.15, -0.1) is 0 Å². The molecule has 0 aromatic carbocycles. The van der Waals surface area contributed by atoms with Gasteiger partial charge in [-0.3, -0.25) is 14.5 Å². The Morgan fingerprint density at radius 1 is 1.24 bits per heavy atom. The highest BCUT2D eigenvalue weighted by atomic mass is 16.4. The van der Waals surface area contributed by atoms with Gasteiger partial charge in [0.2, 0.25) is 5.91 Å². The lowest BCUT2D eigenvalue weighted by Gasteiger charge is -2.49. The largest absolute Gasteiger partial charge is 0.480 e. The molecule has 0 aromatic rings. The zero-order valence-electron chi connectivity index (χ0n) is 15.3. The molecule has 0 aliphatic carbocycles. The fourth-order valence-corrected chi connectivity index (χ4v) is 3.68. The number of aliphatic carboxylic acids is 1. The number of nitrogens with one attached hydrogen (secondary N) is 1. The van der Waals surface area contributed by atoms with Crippen molar-refractivity contribution in [1.82, 2.24) is 20.0 Å². The molecule has 8 heteroatoms. The van der Waals surface area contributed by atoms with Crippen molar-refractivity contribution in [3.8, 4) is 0 Å². The fourth-order valence-electron chi connectivity index (χ4n) is 3.68. The number of unbranched alkanes of at least 4 members (excludes halogenated alkanes) is 1. The van der Waals surface area contributed by atoms with E-state index < -0.39 is 5.97 Å². The van der Waals surface area contributed by atoms with E-state index in [9.17, 15) is 14.4 Å². The van der Waals surface area contributed by atoms with E-state index in [0.717, 1.165) is 19.4 Å². The van der Waals surface area contributed by atoms with Gasteiger partial charge in [-0.2, -0.15) is 0 Å². The number of amides is 3. The van der Waals surface area contributed by atoms with Crippen LogP contribution >= 0.6 is 0 Å². The summed E-state index contributed by atoms with van der Waals surface area (Å²) in [5.74, 6) is -1.10. The summed E-state index contributed by atoms with van der Waals surface area (Å²) in [5.41, 5.74) is -0.261. The first-order valence-electron chi connectivity index (χ1n) is 9.11. The predicted molar refractivity (Wildman–Crippen MR) is 93.3 cm³/mol. The van der Waals surface area contributed by atoms with Crippen LogP contribution in [0.5, 0.6) is 0 Å². The Kier molecular flexibility index (Phi) is 6.64. The average Bonchev–Trinajstić information content (AvgIpc) is 2.72. The van der Waals surface area contributed by atoms with Crippen molar-refractivity contribution in [1.29, 1.82) is 0 Å². The number of likely N-dealkylation sites (tertiary alicyclic amines) is 1. The summed E-state index contributed by atoms with van der Waals surface area (Å²) in [6.45, 7) is 4.94. The second-order valence-corrected chi connectivity index (χ2v) is 7.11.